The number of hydrogen-bond donors (Lipinski definition) is 1. The van der Waals surface area contributed by atoms with Crippen LogP contribution in [0.3, 0.4) is 0 Å². The average Bonchev–Trinajstić information content (AvgIpc) is 2.45. The van der Waals surface area contributed by atoms with E-state index in [1.165, 1.54) is 42.5 Å². The number of hydrogen-bond acceptors (Lipinski definition) is 4. The molecule has 0 aliphatic heterocycles. The van der Waals surface area contributed by atoms with Crippen molar-refractivity contribution in [3.05, 3.63) is 63.6 Å². The summed E-state index contributed by atoms with van der Waals surface area (Å²) in [5.74, 6) is -1.05. The van der Waals surface area contributed by atoms with Crippen LogP contribution in [0, 0.1) is 0 Å². The number of esters is 1. The number of ether oxygens (including phenoxy) is 1. The zero-order valence-electron chi connectivity index (χ0n) is 10.7. The zero-order valence-corrected chi connectivity index (χ0v) is 12.2. The van der Waals surface area contributed by atoms with Gasteiger partial charge in [-0.25, -0.2) is 4.79 Å². The molecule has 1 N–H and O–H groups in total. The molecule has 2 aromatic carbocycles. The lowest BCUT2D eigenvalue weighted by Crippen LogP contribution is -2.14. The molecule has 0 aliphatic rings. The number of ketones is 1. The van der Waals surface area contributed by atoms with E-state index in [4.69, 9.17) is 33.0 Å². The number of phenolic OH excluding ortho intramolecular Hbond substituents is 1. The highest BCUT2D eigenvalue weighted by molar-refractivity contribution is 6.36. The van der Waals surface area contributed by atoms with Gasteiger partial charge in [-0.1, -0.05) is 23.2 Å². The van der Waals surface area contributed by atoms with Gasteiger partial charge in [0, 0.05) is 10.6 Å². The highest BCUT2D eigenvalue weighted by atomic mass is 35.5. The van der Waals surface area contributed by atoms with Crippen molar-refractivity contribution in [2.45, 2.75) is 0 Å². The SMILES string of the molecule is O=C(OCC(=O)c1ccc(Cl)cc1Cl)c1ccc(O)cc1. The molecule has 21 heavy (non-hydrogen) atoms. The molecule has 4 nitrogen and oxygen atoms in total. The van der Waals surface area contributed by atoms with Gasteiger partial charge in [0.1, 0.15) is 5.75 Å². The molecule has 0 unspecified atom stereocenters. The van der Waals surface area contributed by atoms with Crippen molar-refractivity contribution < 1.29 is 19.4 Å². The maximum Gasteiger partial charge on any atom is 0.338 e. The Labute approximate surface area is 130 Å². The van der Waals surface area contributed by atoms with Crippen molar-refractivity contribution in [2.24, 2.45) is 0 Å². The highest BCUT2D eigenvalue weighted by Crippen LogP contribution is 2.21. The summed E-state index contributed by atoms with van der Waals surface area (Å²) in [5, 5.41) is 9.74. The van der Waals surface area contributed by atoms with Crippen LogP contribution in [0.15, 0.2) is 42.5 Å². The molecule has 0 saturated heterocycles. The molecular weight excluding hydrogens is 315 g/mol. The third kappa shape index (κ3) is 3.97. The minimum atomic E-state index is -0.659. The van der Waals surface area contributed by atoms with Crippen LogP contribution < -0.4 is 0 Å². The number of carbonyl (C=O) groups excluding carboxylic acids is 2. The molecule has 0 spiro atoms. The van der Waals surface area contributed by atoms with E-state index in [0.717, 1.165) is 0 Å². The standard InChI is InChI=1S/C15H10Cl2O4/c16-10-3-6-12(13(17)7-10)14(19)8-21-15(20)9-1-4-11(18)5-2-9/h1-7,18H,8H2. The Morgan fingerprint density at radius 3 is 2.33 bits per heavy atom. The van der Waals surface area contributed by atoms with Crippen molar-refractivity contribution in [1.29, 1.82) is 0 Å². The Morgan fingerprint density at radius 2 is 1.71 bits per heavy atom. The normalized spacial score (nSPS) is 10.2. The maximum absolute atomic E-state index is 11.9. The molecule has 0 bridgehead atoms. The lowest BCUT2D eigenvalue weighted by atomic mass is 10.1. The van der Waals surface area contributed by atoms with Gasteiger partial charge in [0.05, 0.1) is 10.6 Å². The highest BCUT2D eigenvalue weighted by Gasteiger charge is 2.14. The Balaban J connectivity index is 2.00. The minimum Gasteiger partial charge on any atom is -0.508 e. The average molecular weight is 325 g/mol. The minimum absolute atomic E-state index is 0.0376. The monoisotopic (exact) mass is 324 g/mol. The van der Waals surface area contributed by atoms with Crippen molar-refractivity contribution in [3.63, 3.8) is 0 Å². The van der Waals surface area contributed by atoms with E-state index < -0.39 is 18.4 Å². The number of benzene rings is 2. The van der Waals surface area contributed by atoms with E-state index >= 15 is 0 Å². The van der Waals surface area contributed by atoms with Crippen molar-refractivity contribution >= 4 is 35.0 Å². The second kappa shape index (κ2) is 6.61. The molecule has 0 atom stereocenters. The molecule has 0 amide bonds. The Hall–Kier alpha value is -2.04. The summed E-state index contributed by atoms with van der Waals surface area (Å²) in [4.78, 5) is 23.6. The first-order chi connectivity index (χ1) is 9.97. The van der Waals surface area contributed by atoms with Crippen LogP contribution in [0.1, 0.15) is 20.7 Å². The van der Waals surface area contributed by atoms with E-state index in [9.17, 15) is 9.59 Å². The number of carbonyl (C=O) groups is 2. The second-order valence-electron chi connectivity index (χ2n) is 4.17. The van der Waals surface area contributed by atoms with Crippen LogP contribution in [0.4, 0.5) is 0 Å². The van der Waals surface area contributed by atoms with E-state index in [2.05, 4.69) is 0 Å². The summed E-state index contributed by atoms with van der Waals surface area (Å²) in [6.07, 6.45) is 0. The largest absolute Gasteiger partial charge is 0.508 e. The Kier molecular flexibility index (Phi) is 4.83. The van der Waals surface area contributed by atoms with Gasteiger partial charge < -0.3 is 9.84 Å². The molecule has 6 heteroatoms. The van der Waals surface area contributed by atoms with Crippen LogP contribution in [0.5, 0.6) is 5.75 Å². The van der Waals surface area contributed by atoms with Gasteiger partial charge in [0.25, 0.3) is 0 Å². The van der Waals surface area contributed by atoms with E-state index in [0.29, 0.717) is 5.02 Å². The van der Waals surface area contributed by atoms with Gasteiger partial charge in [-0.2, -0.15) is 0 Å². The van der Waals surface area contributed by atoms with Gasteiger partial charge in [0.2, 0.25) is 5.78 Å². The molecule has 2 aromatic rings. The topological polar surface area (TPSA) is 63.6 Å². The molecule has 0 aliphatic carbocycles. The first-order valence-corrected chi connectivity index (χ1v) is 6.67. The summed E-state index contributed by atoms with van der Waals surface area (Å²) in [6.45, 7) is -0.430. The summed E-state index contributed by atoms with van der Waals surface area (Å²) in [6, 6.07) is 9.96. The Morgan fingerprint density at radius 1 is 1.05 bits per heavy atom. The van der Waals surface area contributed by atoms with Gasteiger partial charge in [-0.15, -0.1) is 0 Å². The number of halogens is 2. The summed E-state index contributed by atoms with van der Waals surface area (Å²) in [5.41, 5.74) is 0.474. The number of Topliss-reactive ketones (excluding diaryl/α,β-unsaturated/α-hetero) is 1. The number of phenols is 1. The van der Waals surface area contributed by atoms with Crippen molar-refractivity contribution in [1.82, 2.24) is 0 Å². The van der Waals surface area contributed by atoms with E-state index in [1.807, 2.05) is 0 Å². The number of aromatic hydroxyl groups is 1. The first kappa shape index (κ1) is 15.4. The van der Waals surface area contributed by atoms with Crippen LogP contribution in [0.2, 0.25) is 10.0 Å². The van der Waals surface area contributed by atoms with Gasteiger partial charge in [-0.3, -0.25) is 4.79 Å². The van der Waals surface area contributed by atoms with Crippen LogP contribution in [0.25, 0.3) is 0 Å². The van der Waals surface area contributed by atoms with Gasteiger partial charge in [0.15, 0.2) is 6.61 Å². The van der Waals surface area contributed by atoms with Crippen LogP contribution in [-0.2, 0) is 4.74 Å². The number of rotatable bonds is 4. The van der Waals surface area contributed by atoms with Crippen LogP contribution in [-0.4, -0.2) is 23.5 Å². The fraction of sp³-hybridized carbons (Fsp3) is 0.0667. The molecule has 0 heterocycles. The first-order valence-electron chi connectivity index (χ1n) is 5.92. The molecule has 2 rings (SSSR count). The quantitative estimate of drug-likeness (QED) is 0.687. The third-order valence-electron chi connectivity index (χ3n) is 2.67. The lowest BCUT2D eigenvalue weighted by molar-refractivity contribution is 0.0475. The smallest absolute Gasteiger partial charge is 0.338 e. The van der Waals surface area contributed by atoms with E-state index in [1.54, 1.807) is 0 Å². The predicted octanol–water partition coefficient (Wildman–Crippen LogP) is 3.74. The maximum atomic E-state index is 11.9. The molecule has 108 valence electrons. The summed E-state index contributed by atoms with van der Waals surface area (Å²) in [7, 11) is 0. The fourth-order valence-electron chi connectivity index (χ4n) is 1.61. The fourth-order valence-corrected chi connectivity index (χ4v) is 2.12. The molecule has 0 aromatic heterocycles. The molecular formula is C15H10Cl2O4. The molecule has 0 fully saturated rings. The summed E-state index contributed by atoms with van der Waals surface area (Å²) >= 11 is 11.6. The lowest BCUT2D eigenvalue weighted by Gasteiger charge is -2.06. The van der Waals surface area contributed by atoms with E-state index in [-0.39, 0.29) is 21.9 Å². The summed E-state index contributed by atoms with van der Waals surface area (Å²) < 4.78 is 4.91. The van der Waals surface area contributed by atoms with Crippen molar-refractivity contribution in [3.8, 4) is 5.75 Å². The molecule has 0 radical (unpaired) electrons. The molecule has 0 saturated carbocycles. The Bertz CT molecular complexity index is 681. The second-order valence-corrected chi connectivity index (χ2v) is 5.01. The van der Waals surface area contributed by atoms with Crippen LogP contribution >= 0.6 is 23.2 Å². The predicted molar refractivity (Wildman–Crippen MR) is 79.2 cm³/mol. The van der Waals surface area contributed by atoms with Gasteiger partial charge in [-0.05, 0) is 42.5 Å². The zero-order chi connectivity index (χ0) is 15.4. The van der Waals surface area contributed by atoms with Crippen molar-refractivity contribution in [2.75, 3.05) is 6.61 Å². The third-order valence-corrected chi connectivity index (χ3v) is 3.22. The van der Waals surface area contributed by atoms with Gasteiger partial charge >= 0.3 is 5.97 Å².